The van der Waals surface area contributed by atoms with E-state index < -0.39 is 0 Å². The van der Waals surface area contributed by atoms with E-state index in [1.807, 2.05) is 12.3 Å². The molecule has 0 unspecified atom stereocenters. The quantitative estimate of drug-likeness (QED) is 0.714. The number of aryl methyl sites for hydroxylation is 1. The van der Waals surface area contributed by atoms with Crippen LogP contribution in [0.2, 0.25) is 5.02 Å². The van der Waals surface area contributed by atoms with Gasteiger partial charge in [-0.3, -0.25) is 0 Å². The van der Waals surface area contributed by atoms with Gasteiger partial charge < -0.3 is 0 Å². The number of hydrogen-bond donors (Lipinski definition) is 0. The Bertz CT molecular complexity index is 250. The van der Waals surface area contributed by atoms with Gasteiger partial charge in [-0.05, 0) is 34.0 Å². The summed E-state index contributed by atoms with van der Waals surface area (Å²) in [4.78, 5) is 4.09. The van der Waals surface area contributed by atoms with E-state index in [2.05, 4.69) is 27.8 Å². The molecule has 0 bridgehead atoms. The van der Waals surface area contributed by atoms with Crippen LogP contribution in [-0.4, -0.2) is 4.98 Å². The number of pyridine rings is 1. The maximum absolute atomic E-state index is 5.94. The highest BCUT2D eigenvalue weighted by Gasteiger charge is 1.99. The van der Waals surface area contributed by atoms with E-state index in [1.54, 1.807) is 0 Å². The molecule has 11 heavy (non-hydrogen) atoms. The highest BCUT2D eigenvalue weighted by atomic mass is 79.9. The van der Waals surface area contributed by atoms with Crippen molar-refractivity contribution >= 4 is 27.5 Å². The standard InChI is InChI=1S/C8H9BrClN/c1-2-3-6-5-11-8(9)4-7(6)10/h4-5H,2-3H2,1H3. The normalized spacial score (nSPS) is 10.1. The Balaban J connectivity index is 2.90. The van der Waals surface area contributed by atoms with Crippen LogP contribution in [0.25, 0.3) is 0 Å². The minimum absolute atomic E-state index is 0.794. The molecule has 0 fully saturated rings. The Labute approximate surface area is 79.9 Å². The molecule has 0 atom stereocenters. The maximum Gasteiger partial charge on any atom is 0.107 e. The molecule has 0 aliphatic heterocycles. The fraction of sp³-hybridized carbons (Fsp3) is 0.375. The molecule has 60 valence electrons. The third-order valence-corrected chi connectivity index (χ3v) is 2.20. The molecule has 1 rings (SSSR count). The summed E-state index contributed by atoms with van der Waals surface area (Å²) >= 11 is 9.19. The average Bonchev–Trinajstić information content (AvgIpc) is 1.95. The lowest BCUT2D eigenvalue weighted by Crippen LogP contribution is -1.86. The fourth-order valence-electron chi connectivity index (χ4n) is 0.889. The van der Waals surface area contributed by atoms with E-state index in [-0.39, 0.29) is 0 Å². The first-order valence-electron chi connectivity index (χ1n) is 3.54. The van der Waals surface area contributed by atoms with E-state index in [0.29, 0.717) is 0 Å². The minimum atomic E-state index is 0.794. The lowest BCUT2D eigenvalue weighted by atomic mass is 10.2. The molecule has 1 nitrogen and oxygen atoms in total. The molecule has 0 saturated heterocycles. The third-order valence-electron chi connectivity index (χ3n) is 1.42. The number of aromatic nitrogens is 1. The van der Waals surface area contributed by atoms with Gasteiger partial charge in [-0.15, -0.1) is 0 Å². The van der Waals surface area contributed by atoms with E-state index in [4.69, 9.17) is 11.6 Å². The van der Waals surface area contributed by atoms with Crippen LogP contribution in [0.4, 0.5) is 0 Å². The summed E-state index contributed by atoms with van der Waals surface area (Å²) in [5.41, 5.74) is 1.12. The zero-order valence-electron chi connectivity index (χ0n) is 6.27. The molecule has 3 heteroatoms. The minimum Gasteiger partial charge on any atom is -0.249 e. The number of rotatable bonds is 2. The fourth-order valence-corrected chi connectivity index (χ4v) is 1.60. The first-order valence-corrected chi connectivity index (χ1v) is 4.71. The molecule has 0 amide bonds. The SMILES string of the molecule is CCCc1cnc(Br)cc1Cl. The number of hydrogen-bond acceptors (Lipinski definition) is 1. The third kappa shape index (κ3) is 2.46. The molecular formula is C8H9BrClN. The Morgan fingerprint density at radius 3 is 2.91 bits per heavy atom. The highest BCUT2D eigenvalue weighted by molar-refractivity contribution is 9.10. The molecule has 1 aromatic rings. The molecule has 0 aliphatic rings. The van der Waals surface area contributed by atoms with Crippen LogP contribution in [0, 0.1) is 0 Å². The van der Waals surface area contributed by atoms with Crippen LogP contribution in [0.1, 0.15) is 18.9 Å². The van der Waals surface area contributed by atoms with Crippen LogP contribution in [-0.2, 0) is 6.42 Å². The zero-order valence-corrected chi connectivity index (χ0v) is 8.61. The van der Waals surface area contributed by atoms with Gasteiger partial charge in [-0.25, -0.2) is 4.98 Å². The van der Waals surface area contributed by atoms with Gasteiger partial charge in [0.05, 0.1) is 0 Å². The van der Waals surface area contributed by atoms with Crippen molar-refractivity contribution in [2.24, 2.45) is 0 Å². The molecular weight excluding hydrogens is 225 g/mol. The van der Waals surface area contributed by atoms with Crippen molar-refractivity contribution in [3.63, 3.8) is 0 Å². The molecule has 0 saturated carbocycles. The molecule has 0 spiro atoms. The summed E-state index contributed by atoms with van der Waals surface area (Å²) in [5.74, 6) is 0. The second kappa shape index (κ2) is 4.07. The summed E-state index contributed by atoms with van der Waals surface area (Å²) in [7, 11) is 0. The monoisotopic (exact) mass is 233 g/mol. The summed E-state index contributed by atoms with van der Waals surface area (Å²) in [6.45, 7) is 2.12. The van der Waals surface area contributed by atoms with E-state index in [9.17, 15) is 0 Å². The molecule has 0 aromatic carbocycles. The Kier molecular flexibility index (Phi) is 3.34. The predicted octanol–water partition coefficient (Wildman–Crippen LogP) is 3.45. The molecule has 0 aliphatic carbocycles. The summed E-state index contributed by atoms with van der Waals surface area (Å²) in [6, 6.07) is 1.83. The van der Waals surface area contributed by atoms with Crippen molar-refractivity contribution in [3.05, 3.63) is 27.5 Å². The molecule has 0 N–H and O–H groups in total. The van der Waals surface area contributed by atoms with Crippen molar-refractivity contribution in [1.29, 1.82) is 0 Å². The predicted molar refractivity (Wildman–Crippen MR) is 50.9 cm³/mol. The van der Waals surface area contributed by atoms with Crippen molar-refractivity contribution in [3.8, 4) is 0 Å². The maximum atomic E-state index is 5.94. The van der Waals surface area contributed by atoms with Crippen LogP contribution >= 0.6 is 27.5 Å². The first-order chi connectivity index (χ1) is 5.24. The molecule has 0 radical (unpaired) electrons. The zero-order chi connectivity index (χ0) is 8.27. The largest absolute Gasteiger partial charge is 0.249 e. The molecule has 1 aromatic heterocycles. The van der Waals surface area contributed by atoms with Gasteiger partial charge in [0.2, 0.25) is 0 Å². The average molecular weight is 235 g/mol. The van der Waals surface area contributed by atoms with Gasteiger partial charge >= 0.3 is 0 Å². The number of nitrogens with zero attached hydrogens (tertiary/aromatic N) is 1. The first kappa shape index (κ1) is 9.01. The van der Waals surface area contributed by atoms with Gasteiger partial charge in [-0.2, -0.15) is 0 Å². The summed E-state index contributed by atoms with van der Waals surface area (Å²) < 4.78 is 0.794. The van der Waals surface area contributed by atoms with Crippen molar-refractivity contribution in [2.45, 2.75) is 19.8 Å². The Morgan fingerprint density at radius 2 is 2.36 bits per heavy atom. The van der Waals surface area contributed by atoms with Gasteiger partial charge in [-0.1, -0.05) is 24.9 Å². The van der Waals surface area contributed by atoms with Crippen LogP contribution in [0.3, 0.4) is 0 Å². The van der Waals surface area contributed by atoms with E-state index >= 15 is 0 Å². The lowest BCUT2D eigenvalue weighted by Gasteiger charge is -2.00. The summed E-state index contributed by atoms with van der Waals surface area (Å²) in [5, 5.41) is 0.800. The van der Waals surface area contributed by atoms with Crippen LogP contribution in [0.15, 0.2) is 16.9 Å². The van der Waals surface area contributed by atoms with Crippen molar-refractivity contribution < 1.29 is 0 Å². The van der Waals surface area contributed by atoms with Gasteiger partial charge in [0, 0.05) is 11.2 Å². The van der Waals surface area contributed by atoms with Gasteiger partial charge in [0.25, 0.3) is 0 Å². The highest BCUT2D eigenvalue weighted by Crippen LogP contribution is 2.19. The van der Waals surface area contributed by atoms with Crippen LogP contribution < -0.4 is 0 Å². The van der Waals surface area contributed by atoms with E-state index in [1.165, 1.54) is 0 Å². The van der Waals surface area contributed by atoms with Crippen molar-refractivity contribution in [1.82, 2.24) is 4.98 Å². The van der Waals surface area contributed by atoms with Crippen molar-refractivity contribution in [2.75, 3.05) is 0 Å². The summed E-state index contributed by atoms with van der Waals surface area (Å²) in [6.07, 6.45) is 3.91. The smallest absolute Gasteiger partial charge is 0.107 e. The molecule has 1 heterocycles. The Hall–Kier alpha value is -0.0800. The number of halogens is 2. The second-order valence-electron chi connectivity index (χ2n) is 2.35. The second-order valence-corrected chi connectivity index (χ2v) is 3.57. The van der Waals surface area contributed by atoms with Crippen LogP contribution in [0.5, 0.6) is 0 Å². The topological polar surface area (TPSA) is 12.9 Å². The Morgan fingerprint density at radius 1 is 1.64 bits per heavy atom. The van der Waals surface area contributed by atoms with Gasteiger partial charge in [0.15, 0.2) is 0 Å². The van der Waals surface area contributed by atoms with Gasteiger partial charge in [0.1, 0.15) is 4.60 Å². The van der Waals surface area contributed by atoms with E-state index in [0.717, 1.165) is 28.0 Å². The lowest BCUT2D eigenvalue weighted by molar-refractivity contribution is 0.912.